The number of benzene rings is 2. The molecule has 0 radical (unpaired) electrons. The predicted molar refractivity (Wildman–Crippen MR) is 106 cm³/mol. The third kappa shape index (κ3) is 6.76. The minimum atomic E-state index is -0.144. The predicted octanol–water partition coefficient (Wildman–Crippen LogP) is 2.72. The van der Waals surface area contributed by atoms with Crippen LogP contribution in [0.2, 0.25) is 0 Å². The summed E-state index contributed by atoms with van der Waals surface area (Å²) in [4.78, 5) is 14.1. The molecular weight excluding hydrogens is 326 g/mol. The highest BCUT2D eigenvalue weighted by Gasteiger charge is 2.13. The summed E-state index contributed by atoms with van der Waals surface area (Å²) >= 11 is 0. The van der Waals surface area contributed by atoms with Crippen LogP contribution in [-0.4, -0.2) is 49.3 Å². The van der Waals surface area contributed by atoms with Crippen LogP contribution in [0, 0.1) is 6.92 Å². The molecule has 0 heterocycles. The lowest BCUT2D eigenvalue weighted by Gasteiger charge is -2.25. The average Bonchev–Trinajstić information content (AvgIpc) is 2.61. The number of hydrogen-bond acceptors (Lipinski definition) is 3. The Morgan fingerprint density at radius 3 is 2.23 bits per heavy atom. The van der Waals surface area contributed by atoms with Crippen molar-refractivity contribution in [3.63, 3.8) is 0 Å². The highest BCUT2D eigenvalue weighted by Crippen LogP contribution is 2.12. The Hall–Kier alpha value is -2.53. The number of rotatable bonds is 8. The number of carbonyl (C=O) groups is 1. The number of nitrogens with zero attached hydrogens (tertiary/aromatic N) is 1. The van der Waals surface area contributed by atoms with Crippen molar-refractivity contribution in [3.05, 3.63) is 65.2 Å². The summed E-state index contributed by atoms with van der Waals surface area (Å²) in [6.45, 7) is 3.23. The van der Waals surface area contributed by atoms with Crippen LogP contribution in [0.15, 0.2) is 48.5 Å². The second kappa shape index (κ2) is 9.82. The van der Waals surface area contributed by atoms with Gasteiger partial charge in [-0.15, -0.1) is 0 Å². The zero-order valence-corrected chi connectivity index (χ0v) is 15.8. The van der Waals surface area contributed by atoms with E-state index in [1.807, 2.05) is 26.2 Å². The van der Waals surface area contributed by atoms with Gasteiger partial charge in [0.15, 0.2) is 0 Å². The second-order valence-electron chi connectivity index (χ2n) is 6.86. The lowest BCUT2D eigenvalue weighted by atomic mass is 10.1. The first kappa shape index (κ1) is 19.8. The SMILES string of the molecule is Cc1ccc(CCNC(=O)NCC(Cc2ccc(O)cc2)N(C)C)cc1. The number of nitrogens with one attached hydrogen (secondary N) is 2. The van der Waals surface area contributed by atoms with Gasteiger partial charge in [-0.3, -0.25) is 0 Å². The van der Waals surface area contributed by atoms with Gasteiger partial charge in [0.05, 0.1) is 0 Å². The van der Waals surface area contributed by atoms with Gasteiger partial charge < -0.3 is 20.6 Å². The molecule has 0 fully saturated rings. The second-order valence-corrected chi connectivity index (χ2v) is 6.86. The summed E-state index contributed by atoms with van der Waals surface area (Å²) in [6.07, 6.45) is 1.62. The van der Waals surface area contributed by atoms with E-state index in [-0.39, 0.29) is 17.8 Å². The Bertz CT molecular complexity index is 681. The molecule has 0 aliphatic heterocycles. The largest absolute Gasteiger partial charge is 0.508 e. The third-order valence-corrected chi connectivity index (χ3v) is 4.46. The molecule has 3 N–H and O–H groups in total. The molecule has 1 unspecified atom stereocenters. The zero-order chi connectivity index (χ0) is 18.9. The maximum absolute atomic E-state index is 12.0. The summed E-state index contributed by atoms with van der Waals surface area (Å²) in [7, 11) is 4.00. The number of likely N-dealkylation sites (N-methyl/N-ethyl adjacent to an activating group) is 1. The van der Waals surface area contributed by atoms with E-state index in [0.717, 1.165) is 18.4 Å². The Kier molecular flexibility index (Phi) is 7.48. The quantitative estimate of drug-likeness (QED) is 0.682. The molecule has 2 aromatic rings. The molecular formula is C21H29N3O2. The Labute approximate surface area is 156 Å². The van der Waals surface area contributed by atoms with Gasteiger partial charge in [-0.05, 0) is 57.1 Å². The molecule has 0 aromatic heterocycles. The molecule has 2 amide bonds. The van der Waals surface area contributed by atoms with E-state index in [4.69, 9.17) is 0 Å². The van der Waals surface area contributed by atoms with E-state index in [9.17, 15) is 9.90 Å². The van der Waals surface area contributed by atoms with Crippen molar-refractivity contribution in [1.29, 1.82) is 0 Å². The van der Waals surface area contributed by atoms with Gasteiger partial charge in [0.2, 0.25) is 0 Å². The van der Waals surface area contributed by atoms with Crippen molar-refractivity contribution in [1.82, 2.24) is 15.5 Å². The molecule has 1 atom stereocenters. The first-order chi connectivity index (χ1) is 12.4. The van der Waals surface area contributed by atoms with Gasteiger partial charge in [0.1, 0.15) is 5.75 Å². The van der Waals surface area contributed by atoms with Crippen molar-refractivity contribution >= 4 is 6.03 Å². The van der Waals surface area contributed by atoms with Crippen molar-refractivity contribution in [3.8, 4) is 5.75 Å². The van der Waals surface area contributed by atoms with Crippen LogP contribution in [0.4, 0.5) is 4.79 Å². The van der Waals surface area contributed by atoms with Crippen LogP contribution in [-0.2, 0) is 12.8 Å². The van der Waals surface area contributed by atoms with Gasteiger partial charge in [0, 0.05) is 19.1 Å². The molecule has 0 spiro atoms. The zero-order valence-electron chi connectivity index (χ0n) is 15.8. The van der Waals surface area contributed by atoms with E-state index in [1.54, 1.807) is 12.1 Å². The maximum Gasteiger partial charge on any atom is 0.314 e. The van der Waals surface area contributed by atoms with E-state index >= 15 is 0 Å². The standard InChI is InChI=1S/C21H29N3O2/c1-16-4-6-17(7-5-16)12-13-22-21(26)23-15-19(24(2)3)14-18-8-10-20(25)11-9-18/h4-11,19,25H,12-15H2,1-3H3,(H2,22,23,26). The minimum absolute atomic E-state index is 0.144. The first-order valence-electron chi connectivity index (χ1n) is 8.95. The normalized spacial score (nSPS) is 12.0. The molecule has 2 rings (SSSR count). The minimum Gasteiger partial charge on any atom is -0.508 e. The van der Waals surface area contributed by atoms with E-state index in [1.165, 1.54) is 11.1 Å². The smallest absolute Gasteiger partial charge is 0.314 e. The molecule has 140 valence electrons. The van der Waals surface area contributed by atoms with Crippen LogP contribution in [0.25, 0.3) is 0 Å². The van der Waals surface area contributed by atoms with E-state index < -0.39 is 0 Å². The number of phenolic OH excluding ortho intramolecular Hbond substituents is 1. The number of phenols is 1. The summed E-state index contributed by atoms with van der Waals surface area (Å²) in [6, 6.07) is 15.6. The molecule has 0 bridgehead atoms. The maximum atomic E-state index is 12.0. The van der Waals surface area contributed by atoms with Crippen molar-refractivity contribution in [2.24, 2.45) is 0 Å². The fraction of sp³-hybridized carbons (Fsp3) is 0.381. The fourth-order valence-corrected chi connectivity index (χ4v) is 2.69. The molecule has 5 nitrogen and oxygen atoms in total. The summed E-state index contributed by atoms with van der Waals surface area (Å²) in [5.41, 5.74) is 3.58. The average molecular weight is 355 g/mol. The topological polar surface area (TPSA) is 64.6 Å². The van der Waals surface area contributed by atoms with Gasteiger partial charge in [-0.25, -0.2) is 4.79 Å². The first-order valence-corrected chi connectivity index (χ1v) is 8.95. The lowest BCUT2D eigenvalue weighted by molar-refractivity contribution is 0.232. The number of urea groups is 1. The van der Waals surface area contributed by atoms with E-state index in [2.05, 4.69) is 46.7 Å². The van der Waals surface area contributed by atoms with Crippen LogP contribution < -0.4 is 10.6 Å². The van der Waals surface area contributed by atoms with Crippen LogP contribution in [0.3, 0.4) is 0 Å². The summed E-state index contributed by atoms with van der Waals surface area (Å²) < 4.78 is 0. The van der Waals surface area contributed by atoms with Gasteiger partial charge in [-0.2, -0.15) is 0 Å². The highest BCUT2D eigenvalue weighted by molar-refractivity contribution is 5.73. The number of aromatic hydroxyl groups is 1. The Morgan fingerprint density at radius 2 is 1.62 bits per heavy atom. The fourth-order valence-electron chi connectivity index (χ4n) is 2.69. The number of aryl methyl sites for hydroxylation is 1. The number of hydrogen-bond donors (Lipinski definition) is 3. The van der Waals surface area contributed by atoms with Gasteiger partial charge in [0.25, 0.3) is 0 Å². The number of amides is 2. The molecule has 26 heavy (non-hydrogen) atoms. The van der Waals surface area contributed by atoms with Gasteiger partial charge in [-0.1, -0.05) is 42.0 Å². The molecule has 0 aliphatic rings. The lowest BCUT2D eigenvalue weighted by Crippen LogP contribution is -2.45. The summed E-state index contributed by atoms with van der Waals surface area (Å²) in [5, 5.41) is 15.2. The molecule has 0 saturated heterocycles. The van der Waals surface area contributed by atoms with Crippen molar-refractivity contribution < 1.29 is 9.90 Å². The van der Waals surface area contributed by atoms with Crippen LogP contribution in [0.1, 0.15) is 16.7 Å². The number of carbonyl (C=O) groups excluding carboxylic acids is 1. The molecule has 0 aliphatic carbocycles. The molecule has 0 saturated carbocycles. The summed E-state index contributed by atoms with van der Waals surface area (Å²) in [5.74, 6) is 0.265. The van der Waals surface area contributed by atoms with Crippen LogP contribution in [0.5, 0.6) is 5.75 Å². The monoisotopic (exact) mass is 355 g/mol. The molecule has 2 aromatic carbocycles. The Balaban J connectivity index is 1.74. The third-order valence-electron chi connectivity index (χ3n) is 4.46. The van der Waals surface area contributed by atoms with Crippen molar-refractivity contribution in [2.75, 3.05) is 27.2 Å². The molecule has 5 heteroatoms. The van der Waals surface area contributed by atoms with Crippen molar-refractivity contribution in [2.45, 2.75) is 25.8 Å². The highest BCUT2D eigenvalue weighted by atomic mass is 16.3. The van der Waals surface area contributed by atoms with E-state index in [0.29, 0.717) is 13.1 Å². The van der Waals surface area contributed by atoms with Gasteiger partial charge >= 0.3 is 6.03 Å². The van der Waals surface area contributed by atoms with Crippen LogP contribution >= 0.6 is 0 Å². The Morgan fingerprint density at radius 1 is 1.00 bits per heavy atom.